The molecule has 0 bridgehead atoms. The zero-order valence-corrected chi connectivity index (χ0v) is 12.6. The number of ether oxygens (including phenoxy) is 1. The standard InChI is InChI=1S/C13H16Cl2N2O3/c1-20-7-6-17-13(19)12(18)16-5-4-9-2-3-10(14)8-11(9)15/h2-3,8H,4-7H2,1H3,(H,16,18)(H,17,19). The van der Waals surface area contributed by atoms with Gasteiger partial charge in [-0.3, -0.25) is 9.59 Å². The predicted octanol–water partition coefficient (Wildman–Crippen LogP) is 1.41. The van der Waals surface area contributed by atoms with Crippen LogP contribution in [0, 0.1) is 0 Å². The van der Waals surface area contributed by atoms with Crippen molar-refractivity contribution in [2.75, 3.05) is 26.8 Å². The number of hydrogen-bond acceptors (Lipinski definition) is 3. The lowest BCUT2D eigenvalue weighted by Crippen LogP contribution is -2.41. The van der Waals surface area contributed by atoms with E-state index in [0.29, 0.717) is 36.2 Å². The van der Waals surface area contributed by atoms with Crippen molar-refractivity contribution in [2.45, 2.75) is 6.42 Å². The molecular formula is C13H16Cl2N2O3. The summed E-state index contributed by atoms with van der Waals surface area (Å²) in [5, 5.41) is 6.04. The molecule has 0 atom stereocenters. The Labute approximate surface area is 127 Å². The van der Waals surface area contributed by atoms with Crippen LogP contribution in [0.5, 0.6) is 0 Å². The van der Waals surface area contributed by atoms with Crippen LogP contribution in [0.25, 0.3) is 0 Å². The van der Waals surface area contributed by atoms with Gasteiger partial charge in [0.05, 0.1) is 6.61 Å². The van der Waals surface area contributed by atoms with E-state index in [0.717, 1.165) is 5.56 Å². The van der Waals surface area contributed by atoms with Crippen LogP contribution < -0.4 is 10.6 Å². The molecule has 0 aliphatic heterocycles. The van der Waals surface area contributed by atoms with Crippen LogP contribution in [0.3, 0.4) is 0 Å². The van der Waals surface area contributed by atoms with E-state index in [2.05, 4.69) is 10.6 Å². The van der Waals surface area contributed by atoms with Crippen LogP contribution in [0.15, 0.2) is 18.2 Å². The molecule has 0 aliphatic carbocycles. The number of halogens is 2. The minimum absolute atomic E-state index is 0.297. The summed E-state index contributed by atoms with van der Waals surface area (Å²) in [5.74, 6) is -1.35. The third-order valence-corrected chi connectivity index (χ3v) is 3.08. The Bertz CT molecular complexity index is 481. The molecule has 0 aliphatic rings. The first-order chi connectivity index (χ1) is 9.54. The average Bonchev–Trinajstić information content (AvgIpc) is 2.41. The molecule has 2 N–H and O–H groups in total. The first kappa shape index (κ1) is 16.8. The molecule has 1 aromatic carbocycles. The predicted molar refractivity (Wildman–Crippen MR) is 78.1 cm³/mol. The van der Waals surface area contributed by atoms with Gasteiger partial charge < -0.3 is 15.4 Å². The lowest BCUT2D eigenvalue weighted by Gasteiger charge is -2.07. The fraction of sp³-hybridized carbons (Fsp3) is 0.385. The van der Waals surface area contributed by atoms with Crippen molar-refractivity contribution in [2.24, 2.45) is 0 Å². The normalized spacial score (nSPS) is 10.2. The van der Waals surface area contributed by atoms with Gasteiger partial charge in [0, 0.05) is 30.2 Å². The summed E-state index contributed by atoms with van der Waals surface area (Å²) in [6, 6.07) is 5.15. The highest BCUT2D eigenvalue weighted by atomic mass is 35.5. The summed E-state index contributed by atoms with van der Waals surface area (Å²) in [7, 11) is 1.52. The van der Waals surface area contributed by atoms with Crippen LogP contribution in [-0.4, -0.2) is 38.6 Å². The summed E-state index contributed by atoms with van der Waals surface area (Å²) in [6.45, 7) is 0.975. The second-order valence-electron chi connectivity index (χ2n) is 3.99. The number of carbonyl (C=O) groups excluding carboxylic acids is 2. The minimum Gasteiger partial charge on any atom is -0.383 e. The van der Waals surface area contributed by atoms with Gasteiger partial charge in [-0.05, 0) is 24.1 Å². The Balaban J connectivity index is 2.32. The van der Waals surface area contributed by atoms with E-state index in [4.69, 9.17) is 27.9 Å². The van der Waals surface area contributed by atoms with Crippen molar-refractivity contribution in [1.29, 1.82) is 0 Å². The van der Waals surface area contributed by atoms with E-state index in [1.807, 2.05) is 0 Å². The van der Waals surface area contributed by atoms with Crippen molar-refractivity contribution in [3.05, 3.63) is 33.8 Å². The number of benzene rings is 1. The van der Waals surface area contributed by atoms with Gasteiger partial charge in [-0.25, -0.2) is 0 Å². The number of methoxy groups -OCH3 is 1. The highest BCUT2D eigenvalue weighted by Crippen LogP contribution is 2.20. The molecule has 0 heterocycles. The Hall–Kier alpha value is -1.30. The van der Waals surface area contributed by atoms with Crippen LogP contribution in [-0.2, 0) is 20.7 Å². The highest BCUT2D eigenvalue weighted by Gasteiger charge is 2.12. The molecule has 0 aromatic heterocycles. The van der Waals surface area contributed by atoms with E-state index in [1.54, 1.807) is 18.2 Å². The van der Waals surface area contributed by atoms with Gasteiger partial charge in [0.2, 0.25) is 0 Å². The molecule has 2 amide bonds. The zero-order chi connectivity index (χ0) is 15.0. The van der Waals surface area contributed by atoms with Gasteiger partial charge in [0.1, 0.15) is 0 Å². The molecule has 0 saturated carbocycles. The molecule has 0 saturated heterocycles. The van der Waals surface area contributed by atoms with Gasteiger partial charge in [-0.15, -0.1) is 0 Å². The third kappa shape index (κ3) is 5.77. The number of rotatable bonds is 6. The SMILES string of the molecule is COCCNC(=O)C(=O)NCCc1ccc(Cl)cc1Cl. The largest absolute Gasteiger partial charge is 0.383 e. The Kier molecular flexibility index (Phi) is 7.36. The second kappa shape index (κ2) is 8.79. The summed E-state index contributed by atoms with van der Waals surface area (Å²) in [4.78, 5) is 22.8. The lowest BCUT2D eigenvalue weighted by molar-refractivity contribution is -0.139. The maximum atomic E-state index is 11.4. The molecule has 1 rings (SSSR count). The fourth-order valence-electron chi connectivity index (χ4n) is 1.46. The van der Waals surface area contributed by atoms with E-state index >= 15 is 0 Å². The zero-order valence-electron chi connectivity index (χ0n) is 11.0. The smallest absolute Gasteiger partial charge is 0.309 e. The number of amides is 2. The van der Waals surface area contributed by atoms with Crippen molar-refractivity contribution >= 4 is 35.0 Å². The maximum absolute atomic E-state index is 11.4. The molecule has 0 unspecified atom stereocenters. The second-order valence-corrected chi connectivity index (χ2v) is 4.83. The van der Waals surface area contributed by atoms with Crippen molar-refractivity contribution in [1.82, 2.24) is 10.6 Å². The number of nitrogens with one attached hydrogen (secondary N) is 2. The van der Waals surface area contributed by atoms with E-state index in [9.17, 15) is 9.59 Å². The Morgan fingerprint density at radius 2 is 1.80 bits per heavy atom. The molecule has 0 spiro atoms. The topological polar surface area (TPSA) is 67.4 Å². The maximum Gasteiger partial charge on any atom is 0.309 e. The van der Waals surface area contributed by atoms with Gasteiger partial charge in [0.25, 0.3) is 0 Å². The van der Waals surface area contributed by atoms with E-state index in [1.165, 1.54) is 7.11 Å². The van der Waals surface area contributed by atoms with E-state index in [-0.39, 0.29) is 0 Å². The molecule has 110 valence electrons. The van der Waals surface area contributed by atoms with E-state index < -0.39 is 11.8 Å². The first-order valence-corrected chi connectivity index (χ1v) is 6.79. The van der Waals surface area contributed by atoms with Gasteiger partial charge in [0.15, 0.2) is 0 Å². The molecule has 20 heavy (non-hydrogen) atoms. The lowest BCUT2D eigenvalue weighted by atomic mass is 10.1. The Morgan fingerprint density at radius 1 is 1.15 bits per heavy atom. The summed E-state index contributed by atoms with van der Waals surface area (Å²) >= 11 is 11.8. The van der Waals surface area contributed by atoms with Gasteiger partial charge >= 0.3 is 11.8 Å². The quantitative estimate of drug-likeness (QED) is 0.615. The average molecular weight is 319 g/mol. The Morgan fingerprint density at radius 3 is 2.40 bits per heavy atom. The van der Waals surface area contributed by atoms with Crippen molar-refractivity contribution in [3.63, 3.8) is 0 Å². The van der Waals surface area contributed by atoms with Crippen LogP contribution in [0.1, 0.15) is 5.56 Å². The summed E-state index contributed by atoms with van der Waals surface area (Å²) in [5.41, 5.74) is 0.858. The van der Waals surface area contributed by atoms with Crippen LogP contribution >= 0.6 is 23.2 Å². The molecule has 7 heteroatoms. The molecule has 1 aromatic rings. The molecule has 0 fully saturated rings. The van der Waals surface area contributed by atoms with Gasteiger partial charge in [-0.1, -0.05) is 29.3 Å². The summed E-state index contributed by atoms with van der Waals surface area (Å²) in [6.07, 6.45) is 0.521. The van der Waals surface area contributed by atoms with Crippen LogP contribution in [0.2, 0.25) is 10.0 Å². The molecular weight excluding hydrogens is 303 g/mol. The minimum atomic E-state index is -0.677. The van der Waals surface area contributed by atoms with Crippen molar-refractivity contribution < 1.29 is 14.3 Å². The number of carbonyl (C=O) groups is 2. The molecule has 0 radical (unpaired) electrons. The van der Waals surface area contributed by atoms with Crippen molar-refractivity contribution in [3.8, 4) is 0 Å². The highest BCUT2D eigenvalue weighted by molar-refractivity contribution is 6.35. The molecule has 5 nitrogen and oxygen atoms in total. The first-order valence-electron chi connectivity index (χ1n) is 6.03. The monoisotopic (exact) mass is 318 g/mol. The van der Waals surface area contributed by atoms with Gasteiger partial charge in [-0.2, -0.15) is 0 Å². The summed E-state index contributed by atoms with van der Waals surface area (Å²) < 4.78 is 4.76. The third-order valence-electron chi connectivity index (χ3n) is 2.49. The van der Waals surface area contributed by atoms with Crippen LogP contribution in [0.4, 0.5) is 0 Å². The number of hydrogen-bond donors (Lipinski definition) is 2. The fourth-order valence-corrected chi connectivity index (χ4v) is 1.97.